The van der Waals surface area contributed by atoms with Gasteiger partial charge in [0.15, 0.2) is 0 Å². The molecule has 1 aromatic carbocycles. The molecule has 1 fully saturated rings. The van der Waals surface area contributed by atoms with Gasteiger partial charge in [0.25, 0.3) is 0 Å². The average molecular weight is 329 g/mol. The Labute approximate surface area is 143 Å². The summed E-state index contributed by atoms with van der Waals surface area (Å²) in [5.74, 6) is 0. The number of likely N-dealkylation sites (N-methyl/N-ethyl adjacent to an activating group) is 1. The molecule has 2 aromatic rings. The molecule has 1 N–H and O–H groups in total. The van der Waals surface area contributed by atoms with Gasteiger partial charge in [-0.15, -0.1) is 0 Å². The SMILES string of the molecule is CCc1cc(N(C)CC(O)CN2CCOCC2)c2ccccc2n1. The maximum absolute atomic E-state index is 10.5. The Hall–Kier alpha value is -1.69. The number of β-amino-alcohol motifs (C(OH)–C–C–N with tert-alkyl or cyclic N) is 1. The summed E-state index contributed by atoms with van der Waals surface area (Å²) >= 11 is 0. The second-order valence-electron chi connectivity index (χ2n) is 6.45. The largest absolute Gasteiger partial charge is 0.390 e. The van der Waals surface area contributed by atoms with Crippen LogP contribution < -0.4 is 4.90 Å². The van der Waals surface area contributed by atoms with E-state index < -0.39 is 0 Å². The van der Waals surface area contributed by atoms with Crippen LogP contribution in [0.3, 0.4) is 0 Å². The van der Waals surface area contributed by atoms with E-state index in [-0.39, 0.29) is 6.10 Å². The number of fused-ring (bicyclic) bond motifs is 1. The zero-order valence-corrected chi connectivity index (χ0v) is 14.6. The van der Waals surface area contributed by atoms with E-state index in [0.29, 0.717) is 13.1 Å². The Morgan fingerprint density at radius 1 is 1.29 bits per heavy atom. The van der Waals surface area contributed by atoms with Crippen molar-refractivity contribution in [2.24, 2.45) is 0 Å². The second-order valence-corrected chi connectivity index (χ2v) is 6.45. The summed E-state index contributed by atoms with van der Waals surface area (Å²) in [6.07, 6.45) is 0.521. The number of pyridine rings is 1. The number of rotatable bonds is 6. The van der Waals surface area contributed by atoms with Crippen molar-refractivity contribution >= 4 is 16.6 Å². The summed E-state index contributed by atoms with van der Waals surface area (Å²) in [6.45, 7) is 6.74. The minimum atomic E-state index is -0.384. The molecule has 0 radical (unpaired) electrons. The number of hydrogen-bond donors (Lipinski definition) is 1. The van der Waals surface area contributed by atoms with Crippen molar-refractivity contribution in [3.8, 4) is 0 Å². The Morgan fingerprint density at radius 2 is 2.04 bits per heavy atom. The van der Waals surface area contributed by atoms with Crippen LogP contribution in [0.5, 0.6) is 0 Å². The molecule has 1 aromatic heterocycles. The summed E-state index contributed by atoms with van der Waals surface area (Å²) in [5, 5.41) is 11.6. The molecule has 1 aliphatic rings. The lowest BCUT2D eigenvalue weighted by Gasteiger charge is -2.31. The molecule has 0 amide bonds. The molecule has 1 aliphatic heterocycles. The number of aromatic nitrogens is 1. The van der Waals surface area contributed by atoms with E-state index in [4.69, 9.17) is 9.72 Å². The van der Waals surface area contributed by atoms with Crippen molar-refractivity contribution in [2.45, 2.75) is 19.4 Å². The number of aliphatic hydroxyl groups excluding tert-OH is 1. The molecule has 0 spiro atoms. The molecule has 1 unspecified atom stereocenters. The molecule has 1 saturated heterocycles. The number of morpholine rings is 1. The number of ether oxygens (including phenoxy) is 1. The van der Waals surface area contributed by atoms with Crippen LogP contribution in [0.1, 0.15) is 12.6 Å². The quantitative estimate of drug-likeness (QED) is 0.877. The third-order valence-electron chi connectivity index (χ3n) is 4.58. The molecule has 3 rings (SSSR count). The molecule has 1 atom stereocenters. The molecule has 2 heterocycles. The normalized spacial score (nSPS) is 17.1. The number of nitrogens with zero attached hydrogens (tertiary/aromatic N) is 3. The molecule has 0 saturated carbocycles. The Bertz CT molecular complexity index is 671. The Kier molecular flexibility index (Phi) is 5.66. The molecule has 0 aliphatic carbocycles. The minimum Gasteiger partial charge on any atom is -0.390 e. The van der Waals surface area contributed by atoms with Crippen LogP contribution >= 0.6 is 0 Å². The van der Waals surface area contributed by atoms with Gasteiger partial charge in [0.05, 0.1) is 24.8 Å². The Balaban J connectivity index is 1.74. The van der Waals surface area contributed by atoms with Crippen LogP contribution in [0.25, 0.3) is 10.9 Å². The van der Waals surface area contributed by atoms with Crippen molar-refractivity contribution in [1.82, 2.24) is 9.88 Å². The molecule has 5 heteroatoms. The summed E-state index contributed by atoms with van der Waals surface area (Å²) in [4.78, 5) is 9.11. The van der Waals surface area contributed by atoms with Crippen molar-refractivity contribution < 1.29 is 9.84 Å². The smallest absolute Gasteiger partial charge is 0.0841 e. The topological polar surface area (TPSA) is 48.8 Å². The number of benzene rings is 1. The minimum absolute atomic E-state index is 0.384. The summed E-state index contributed by atoms with van der Waals surface area (Å²) in [5.41, 5.74) is 3.23. The first-order chi connectivity index (χ1) is 11.7. The van der Waals surface area contributed by atoms with E-state index >= 15 is 0 Å². The standard InChI is InChI=1S/C19H27N3O2/c1-3-15-12-19(17-6-4-5-7-18(17)20-15)21(2)13-16(23)14-22-8-10-24-11-9-22/h4-7,12,16,23H,3,8-11,13-14H2,1-2H3. The number of aliphatic hydroxyl groups is 1. The van der Waals surface area contributed by atoms with Crippen LogP contribution in [0.4, 0.5) is 5.69 Å². The van der Waals surface area contributed by atoms with Crippen molar-refractivity contribution in [2.75, 3.05) is 51.3 Å². The van der Waals surface area contributed by atoms with Crippen LogP contribution in [0.2, 0.25) is 0 Å². The fraction of sp³-hybridized carbons (Fsp3) is 0.526. The van der Waals surface area contributed by atoms with Gasteiger partial charge in [-0.3, -0.25) is 9.88 Å². The molecular formula is C19H27N3O2. The van der Waals surface area contributed by atoms with Crippen LogP contribution in [-0.2, 0) is 11.2 Å². The van der Waals surface area contributed by atoms with Gasteiger partial charge >= 0.3 is 0 Å². The highest BCUT2D eigenvalue weighted by Gasteiger charge is 2.17. The highest BCUT2D eigenvalue weighted by Crippen LogP contribution is 2.26. The third-order valence-corrected chi connectivity index (χ3v) is 4.58. The van der Waals surface area contributed by atoms with Crippen molar-refractivity contribution in [3.05, 3.63) is 36.0 Å². The fourth-order valence-corrected chi connectivity index (χ4v) is 3.26. The maximum Gasteiger partial charge on any atom is 0.0841 e. The summed E-state index contributed by atoms with van der Waals surface area (Å²) in [6, 6.07) is 10.4. The predicted molar refractivity (Wildman–Crippen MR) is 97.7 cm³/mol. The number of hydrogen-bond acceptors (Lipinski definition) is 5. The van der Waals surface area contributed by atoms with Crippen LogP contribution in [-0.4, -0.2) is 67.5 Å². The third kappa shape index (κ3) is 4.04. The van der Waals surface area contributed by atoms with E-state index in [0.717, 1.165) is 55.0 Å². The first-order valence-electron chi connectivity index (χ1n) is 8.75. The van der Waals surface area contributed by atoms with Gasteiger partial charge in [0.2, 0.25) is 0 Å². The van der Waals surface area contributed by atoms with E-state index in [1.165, 1.54) is 0 Å². The molecular weight excluding hydrogens is 302 g/mol. The number of anilines is 1. The maximum atomic E-state index is 10.5. The fourth-order valence-electron chi connectivity index (χ4n) is 3.26. The molecule has 24 heavy (non-hydrogen) atoms. The van der Waals surface area contributed by atoms with E-state index in [1.54, 1.807) is 0 Å². The second kappa shape index (κ2) is 7.92. The average Bonchev–Trinajstić information content (AvgIpc) is 2.61. The Morgan fingerprint density at radius 3 is 2.79 bits per heavy atom. The summed E-state index contributed by atoms with van der Waals surface area (Å²) < 4.78 is 5.36. The zero-order valence-electron chi connectivity index (χ0n) is 14.6. The van der Waals surface area contributed by atoms with Crippen LogP contribution in [0, 0.1) is 0 Å². The predicted octanol–water partition coefficient (Wildman–Crippen LogP) is 1.93. The highest BCUT2D eigenvalue weighted by atomic mass is 16.5. The lowest BCUT2D eigenvalue weighted by Crippen LogP contribution is -2.44. The lowest BCUT2D eigenvalue weighted by atomic mass is 10.1. The number of para-hydroxylation sites is 1. The molecule has 0 bridgehead atoms. The van der Waals surface area contributed by atoms with E-state index in [2.05, 4.69) is 34.9 Å². The molecule has 5 nitrogen and oxygen atoms in total. The monoisotopic (exact) mass is 329 g/mol. The van der Waals surface area contributed by atoms with Gasteiger partial charge in [0, 0.05) is 50.0 Å². The van der Waals surface area contributed by atoms with Gasteiger partial charge in [-0.2, -0.15) is 0 Å². The van der Waals surface area contributed by atoms with E-state index in [9.17, 15) is 5.11 Å². The highest BCUT2D eigenvalue weighted by molar-refractivity contribution is 5.91. The van der Waals surface area contributed by atoms with Gasteiger partial charge in [0.1, 0.15) is 0 Å². The van der Waals surface area contributed by atoms with Crippen molar-refractivity contribution in [3.63, 3.8) is 0 Å². The lowest BCUT2D eigenvalue weighted by molar-refractivity contribution is 0.0163. The summed E-state index contributed by atoms with van der Waals surface area (Å²) in [7, 11) is 2.05. The first-order valence-corrected chi connectivity index (χ1v) is 8.75. The van der Waals surface area contributed by atoms with Gasteiger partial charge in [-0.1, -0.05) is 25.1 Å². The first kappa shape index (κ1) is 17.1. The van der Waals surface area contributed by atoms with Crippen LogP contribution in [0.15, 0.2) is 30.3 Å². The van der Waals surface area contributed by atoms with Gasteiger partial charge in [-0.05, 0) is 18.6 Å². The van der Waals surface area contributed by atoms with Crippen molar-refractivity contribution in [1.29, 1.82) is 0 Å². The van der Waals surface area contributed by atoms with Gasteiger partial charge in [-0.25, -0.2) is 0 Å². The van der Waals surface area contributed by atoms with Gasteiger partial charge < -0.3 is 14.7 Å². The van der Waals surface area contributed by atoms with E-state index in [1.807, 2.05) is 19.2 Å². The molecule has 130 valence electrons. The zero-order chi connectivity index (χ0) is 16.9. The number of aryl methyl sites for hydroxylation is 1.